The molecule has 1 amide bonds. The summed E-state index contributed by atoms with van der Waals surface area (Å²) in [7, 11) is 0. The van der Waals surface area contributed by atoms with Gasteiger partial charge in [-0.15, -0.1) is 0 Å². The number of alkyl carbamates (subject to hydrolysis) is 1. The Morgan fingerprint density at radius 1 is 1.35 bits per heavy atom. The third kappa shape index (κ3) is 5.71. The molecule has 0 aromatic rings. The zero-order chi connectivity index (χ0) is 13.1. The van der Waals surface area contributed by atoms with E-state index in [-0.39, 0.29) is 5.78 Å². The van der Waals surface area contributed by atoms with E-state index in [1.807, 2.05) is 6.92 Å². The average Bonchev–Trinajstić information content (AvgIpc) is 2.94. The standard InChI is InChI=1S/C13H23NO3/c1-5-10(11(15)8-9-6-7-9)14-12(16)17-13(2,3)4/h9-10H,5-8H2,1-4H3,(H,14,16)/t10-/m0/s1. The number of Topliss-reactive ketones (excluding diaryl/α,β-unsaturated/α-hetero) is 1. The quantitative estimate of drug-likeness (QED) is 0.805. The fraction of sp³-hybridized carbons (Fsp3) is 0.846. The van der Waals surface area contributed by atoms with Crippen LogP contribution in [0.3, 0.4) is 0 Å². The fourth-order valence-electron chi connectivity index (χ4n) is 1.61. The van der Waals surface area contributed by atoms with Crippen LogP contribution in [0.25, 0.3) is 0 Å². The molecule has 0 unspecified atom stereocenters. The van der Waals surface area contributed by atoms with Gasteiger partial charge in [0.15, 0.2) is 5.78 Å². The van der Waals surface area contributed by atoms with Gasteiger partial charge in [0.25, 0.3) is 0 Å². The summed E-state index contributed by atoms with van der Waals surface area (Å²) in [5, 5.41) is 2.65. The second kappa shape index (κ2) is 5.52. The van der Waals surface area contributed by atoms with Gasteiger partial charge < -0.3 is 10.1 Å². The van der Waals surface area contributed by atoms with Crippen molar-refractivity contribution in [2.75, 3.05) is 0 Å². The molecule has 1 N–H and O–H groups in total. The first-order valence-corrected chi connectivity index (χ1v) is 6.34. The van der Waals surface area contributed by atoms with Crippen molar-refractivity contribution in [3.8, 4) is 0 Å². The SMILES string of the molecule is CC[C@H](NC(=O)OC(C)(C)C)C(=O)CC1CC1. The Morgan fingerprint density at radius 3 is 2.35 bits per heavy atom. The Bertz CT molecular complexity index is 290. The van der Waals surface area contributed by atoms with Gasteiger partial charge in [-0.1, -0.05) is 6.92 Å². The van der Waals surface area contributed by atoms with Crippen LogP contribution in [0.15, 0.2) is 0 Å². The molecule has 0 spiro atoms. The van der Waals surface area contributed by atoms with E-state index in [0.717, 1.165) is 12.8 Å². The number of ketones is 1. The molecule has 1 fully saturated rings. The summed E-state index contributed by atoms with van der Waals surface area (Å²) in [5.74, 6) is 0.679. The smallest absolute Gasteiger partial charge is 0.408 e. The van der Waals surface area contributed by atoms with Crippen molar-refractivity contribution in [2.45, 2.75) is 65.0 Å². The molecule has 1 atom stereocenters. The van der Waals surface area contributed by atoms with Crippen molar-refractivity contribution < 1.29 is 14.3 Å². The van der Waals surface area contributed by atoms with Gasteiger partial charge in [0.1, 0.15) is 5.60 Å². The molecule has 0 radical (unpaired) electrons. The first-order chi connectivity index (χ1) is 7.81. The van der Waals surface area contributed by atoms with Gasteiger partial charge >= 0.3 is 6.09 Å². The Morgan fingerprint density at radius 2 is 1.94 bits per heavy atom. The van der Waals surface area contributed by atoms with Crippen molar-refractivity contribution in [1.82, 2.24) is 5.32 Å². The van der Waals surface area contributed by atoms with Crippen LogP contribution >= 0.6 is 0 Å². The zero-order valence-electron chi connectivity index (χ0n) is 11.2. The van der Waals surface area contributed by atoms with Crippen LogP contribution < -0.4 is 5.32 Å². The summed E-state index contributed by atoms with van der Waals surface area (Å²) in [5.41, 5.74) is -0.526. The number of hydrogen-bond donors (Lipinski definition) is 1. The molecule has 0 heterocycles. The number of ether oxygens (including phenoxy) is 1. The van der Waals surface area contributed by atoms with Crippen LogP contribution in [0.4, 0.5) is 4.79 Å². The maximum atomic E-state index is 11.9. The largest absolute Gasteiger partial charge is 0.444 e. The van der Waals surface area contributed by atoms with Crippen LogP contribution in [0.2, 0.25) is 0 Å². The maximum Gasteiger partial charge on any atom is 0.408 e. The average molecular weight is 241 g/mol. The Hall–Kier alpha value is -1.06. The number of carbonyl (C=O) groups is 2. The Kier molecular flexibility index (Phi) is 4.54. The van der Waals surface area contributed by atoms with Gasteiger partial charge in [-0.05, 0) is 46.0 Å². The fourth-order valence-corrected chi connectivity index (χ4v) is 1.61. The van der Waals surface area contributed by atoms with Crippen LogP contribution in [0.1, 0.15) is 53.4 Å². The molecular formula is C13H23NO3. The highest BCUT2D eigenvalue weighted by Crippen LogP contribution is 2.33. The summed E-state index contributed by atoms with van der Waals surface area (Å²) in [4.78, 5) is 23.4. The van der Waals surface area contributed by atoms with Crippen molar-refractivity contribution in [3.63, 3.8) is 0 Å². The van der Waals surface area contributed by atoms with Gasteiger partial charge in [0, 0.05) is 6.42 Å². The number of amides is 1. The minimum absolute atomic E-state index is 0.126. The molecular weight excluding hydrogens is 218 g/mol. The molecule has 0 aromatic heterocycles. The third-order valence-corrected chi connectivity index (χ3v) is 2.67. The van der Waals surface area contributed by atoms with Gasteiger partial charge in [-0.3, -0.25) is 4.79 Å². The van der Waals surface area contributed by atoms with E-state index >= 15 is 0 Å². The Balaban J connectivity index is 2.39. The minimum atomic E-state index is -0.526. The topological polar surface area (TPSA) is 55.4 Å². The van der Waals surface area contributed by atoms with Crippen LogP contribution in [-0.2, 0) is 9.53 Å². The molecule has 1 aliphatic carbocycles. The lowest BCUT2D eigenvalue weighted by Gasteiger charge is -2.22. The number of rotatable bonds is 5. The van der Waals surface area contributed by atoms with Crippen molar-refractivity contribution in [1.29, 1.82) is 0 Å². The summed E-state index contributed by atoms with van der Waals surface area (Å²) >= 11 is 0. The molecule has 0 saturated heterocycles. The normalized spacial score (nSPS) is 17.4. The van der Waals surface area contributed by atoms with Gasteiger partial charge in [-0.25, -0.2) is 4.79 Å². The molecule has 1 saturated carbocycles. The molecule has 0 aromatic carbocycles. The van der Waals surface area contributed by atoms with E-state index in [9.17, 15) is 9.59 Å². The predicted octanol–water partition coefficient (Wildman–Crippen LogP) is 2.66. The lowest BCUT2D eigenvalue weighted by atomic mass is 10.1. The van der Waals surface area contributed by atoms with E-state index in [0.29, 0.717) is 18.8 Å². The minimum Gasteiger partial charge on any atom is -0.444 e. The third-order valence-electron chi connectivity index (χ3n) is 2.67. The molecule has 4 nitrogen and oxygen atoms in total. The van der Waals surface area contributed by atoms with E-state index in [2.05, 4.69) is 5.32 Å². The first kappa shape index (κ1) is 14.0. The maximum absolute atomic E-state index is 11.9. The van der Waals surface area contributed by atoms with Crippen LogP contribution in [0, 0.1) is 5.92 Å². The van der Waals surface area contributed by atoms with Crippen molar-refractivity contribution in [2.24, 2.45) is 5.92 Å². The summed E-state index contributed by atoms with van der Waals surface area (Å²) in [6.07, 6.45) is 3.00. The summed E-state index contributed by atoms with van der Waals surface area (Å²) in [6.45, 7) is 7.31. The molecule has 1 aliphatic rings. The zero-order valence-corrected chi connectivity index (χ0v) is 11.2. The van der Waals surface area contributed by atoms with Gasteiger partial charge in [0.2, 0.25) is 0 Å². The molecule has 0 aliphatic heterocycles. The van der Waals surface area contributed by atoms with Crippen LogP contribution in [0.5, 0.6) is 0 Å². The van der Waals surface area contributed by atoms with Crippen molar-refractivity contribution in [3.05, 3.63) is 0 Å². The van der Waals surface area contributed by atoms with Crippen LogP contribution in [-0.4, -0.2) is 23.5 Å². The highest BCUT2D eigenvalue weighted by molar-refractivity contribution is 5.87. The van der Waals surface area contributed by atoms with E-state index < -0.39 is 17.7 Å². The summed E-state index contributed by atoms with van der Waals surface area (Å²) < 4.78 is 5.14. The van der Waals surface area contributed by atoms with Crippen molar-refractivity contribution >= 4 is 11.9 Å². The lowest BCUT2D eigenvalue weighted by molar-refractivity contribution is -0.121. The summed E-state index contributed by atoms with van der Waals surface area (Å²) in [6, 6.07) is -0.398. The molecule has 0 bridgehead atoms. The highest BCUT2D eigenvalue weighted by Gasteiger charge is 2.29. The second-order valence-corrected chi connectivity index (χ2v) is 5.72. The van der Waals surface area contributed by atoms with E-state index in [1.165, 1.54) is 0 Å². The number of nitrogens with one attached hydrogen (secondary N) is 1. The first-order valence-electron chi connectivity index (χ1n) is 6.34. The van der Waals surface area contributed by atoms with Gasteiger partial charge in [0.05, 0.1) is 6.04 Å². The molecule has 98 valence electrons. The lowest BCUT2D eigenvalue weighted by Crippen LogP contribution is -2.43. The number of carbonyl (C=O) groups excluding carboxylic acids is 2. The Labute approximate surface area is 103 Å². The van der Waals surface area contributed by atoms with E-state index in [1.54, 1.807) is 20.8 Å². The molecule has 4 heteroatoms. The molecule has 17 heavy (non-hydrogen) atoms. The monoisotopic (exact) mass is 241 g/mol. The molecule has 1 rings (SSSR count). The van der Waals surface area contributed by atoms with E-state index in [4.69, 9.17) is 4.74 Å². The predicted molar refractivity (Wildman–Crippen MR) is 65.8 cm³/mol. The number of hydrogen-bond acceptors (Lipinski definition) is 3. The van der Waals surface area contributed by atoms with Gasteiger partial charge in [-0.2, -0.15) is 0 Å². The second-order valence-electron chi connectivity index (χ2n) is 5.72. The highest BCUT2D eigenvalue weighted by atomic mass is 16.6.